The van der Waals surface area contributed by atoms with Gasteiger partial charge in [-0.15, -0.1) is 0 Å². The van der Waals surface area contributed by atoms with Gasteiger partial charge in [-0.3, -0.25) is 0 Å². The maximum atomic E-state index is 6.28. The number of guanidine groups is 1. The highest BCUT2D eigenvalue weighted by molar-refractivity contribution is 6.32. The highest BCUT2D eigenvalue weighted by atomic mass is 35.5. The predicted molar refractivity (Wildman–Crippen MR) is 98.1 cm³/mol. The van der Waals surface area contributed by atoms with Crippen molar-refractivity contribution >= 4 is 34.4 Å². The van der Waals surface area contributed by atoms with Crippen LogP contribution >= 0.6 is 11.6 Å². The van der Waals surface area contributed by atoms with Crippen molar-refractivity contribution in [1.29, 1.82) is 0 Å². The molecule has 0 unspecified atom stereocenters. The van der Waals surface area contributed by atoms with Gasteiger partial charge in [-0.05, 0) is 30.2 Å². The fraction of sp³-hybridized carbons (Fsp3) is 0.118. The van der Waals surface area contributed by atoms with Crippen molar-refractivity contribution in [2.45, 2.75) is 13.5 Å². The Kier molecular flexibility index (Phi) is 4.33. The summed E-state index contributed by atoms with van der Waals surface area (Å²) < 4.78 is 0. The third-order valence-corrected chi connectivity index (χ3v) is 4.06. The molecule has 0 aliphatic heterocycles. The molecule has 7 heteroatoms. The van der Waals surface area contributed by atoms with Crippen molar-refractivity contribution < 1.29 is 0 Å². The van der Waals surface area contributed by atoms with Crippen LogP contribution in [0.3, 0.4) is 0 Å². The van der Waals surface area contributed by atoms with Gasteiger partial charge < -0.3 is 17.2 Å². The van der Waals surface area contributed by atoms with E-state index in [1.165, 1.54) is 0 Å². The average molecular weight is 341 g/mol. The van der Waals surface area contributed by atoms with E-state index < -0.39 is 0 Å². The summed E-state index contributed by atoms with van der Waals surface area (Å²) in [6.45, 7) is 2.40. The van der Waals surface area contributed by atoms with Crippen molar-refractivity contribution in [3.8, 4) is 11.3 Å². The smallest absolute Gasteiger partial charge is 0.253 e. The first-order valence-electron chi connectivity index (χ1n) is 7.35. The SMILES string of the molecule is Cc1cc2nc(N=C(N)N)nc(-c3ccc(CN)cc3)c2cc1Cl. The van der Waals surface area contributed by atoms with Gasteiger partial charge in [-0.25, -0.2) is 9.97 Å². The lowest BCUT2D eigenvalue weighted by Crippen LogP contribution is -2.22. The van der Waals surface area contributed by atoms with E-state index in [2.05, 4.69) is 15.0 Å². The normalized spacial score (nSPS) is 10.8. The molecule has 3 rings (SSSR count). The highest BCUT2D eigenvalue weighted by Gasteiger charge is 2.12. The van der Waals surface area contributed by atoms with Crippen LogP contribution in [0.25, 0.3) is 22.2 Å². The third-order valence-electron chi connectivity index (χ3n) is 3.66. The molecule has 0 saturated carbocycles. The molecule has 6 nitrogen and oxygen atoms in total. The van der Waals surface area contributed by atoms with Crippen LogP contribution in [0.15, 0.2) is 41.4 Å². The van der Waals surface area contributed by atoms with Gasteiger partial charge in [0.15, 0.2) is 5.96 Å². The van der Waals surface area contributed by atoms with Crippen LogP contribution in [0.2, 0.25) is 5.02 Å². The number of nitrogens with zero attached hydrogens (tertiary/aromatic N) is 3. The molecule has 6 N–H and O–H groups in total. The summed E-state index contributed by atoms with van der Waals surface area (Å²) in [5.41, 5.74) is 20.9. The molecule has 1 aromatic heterocycles. The van der Waals surface area contributed by atoms with Crippen LogP contribution in [0, 0.1) is 6.92 Å². The number of benzene rings is 2. The molecule has 0 spiro atoms. The lowest BCUT2D eigenvalue weighted by Gasteiger charge is -2.09. The van der Waals surface area contributed by atoms with Gasteiger partial charge in [0, 0.05) is 22.5 Å². The lowest BCUT2D eigenvalue weighted by atomic mass is 10.0. The Balaban J connectivity index is 2.29. The molecule has 0 bridgehead atoms. The van der Waals surface area contributed by atoms with Gasteiger partial charge >= 0.3 is 0 Å². The van der Waals surface area contributed by atoms with Crippen molar-refractivity contribution in [3.05, 3.63) is 52.5 Å². The van der Waals surface area contributed by atoms with E-state index in [9.17, 15) is 0 Å². The molecular formula is C17H17ClN6. The largest absolute Gasteiger partial charge is 0.370 e. The molecule has 1 heterocycles. The quantitative estimate of drug-likeness (QED) is 0.500. The van der Waals surface area contributed by atoms with Crippen LogP contribution in [0.5, 0.6) is 0 Å². The molecule has 0 atom stereocenters. The summed E-state index contributed by atoms with van der Waals surface area (Å²) in [6.07, 6.45) is 0. The molecule has 0 aliphatic carbocycles. The summed E-state index contributed by atoms with van der Waals surface area (Å²) in [5.74, 6) is 0.117. The number of halogens is 1. The van der Waals surface area contributed by atoms with E-state index in [0.717, 1.165) is 27.6 Å². The number of nitrogens with two attached hydrogens (primary N) is 3. The highest BCUT2D eigenvalue weighted by Crippen LogP contribution is 2.31. The van der Waals surface area contributed by atoms with Gasteiger partial charge in [-0.1, -0.05) is 35.9 Å². The Morgan fingerprint density at radius 2 is 1.83 bits per heavy atom. The number of aliphatic imine (C=N–C) groups is 1. The molecule has 0 radical (unpaired) electrons. The Morgan fingerprint density at radius 3 is 2.46 bits per heavy atom. The van der Waals surface area contributed by atoms with E-state index >= 15 is 0 Å². The minimum Gasteiger partial charge on any atom is -0.370 e. The Morgan fingerprint density at radius 1 is 1.12 bits per heavy atom. The standard InChI is InChI=1S/C17H17ClN6/c1-9-6-14-12(7-13(9)18)15(23-17(22-14)24-16(20)21)11-4-2-10(8-19)3-5-11/h2-7H,8,19H2,1H3,(H4,20,21,22,23,24). The lowest BCUT2D eigenvalue weighted by molar-refractivity contribution is 1.07. The summed E-state index contributed by atoms with van der Waals surface area (Å²) >= 11 is 6.28. The predicted octanol–water partition coefficient (Wildman–Crippen LogP) is 2.62. The fourth-order valence-electron chi connectivity index (χ4n) is 2.43. The molecule has 2 aromatic carbocycles. The number of hydrogen-bond donors (Lipinski definition) is 3. The minimum atomic E-state index is -0.0931. The number of aryl methyl sites for hydroxylation is 1. The summed E-state index contributed by atoms with van der Waals surface area (Å²) in [4.78, 5) is 12.9. The molecular weight excluding hydrogens is 324 g/mol. The summed E-state index contributed by atoms with van der Waals surface area (Å²) in [7, 11) is 0. The number of aromatic nitrogens is 2. The second-order valence-electron chi connectivity index (χ2n) is 5.43. The van der Waals surface area contributed by atoms with Crippen molar-refractivity contribution in [3.63, 3.8) is 0 Å². The third kappa shape index (κ3) is 3.15. The zero-order valence-electron chi connectivity index (χ0n) is 13.1. The first-order chi connectivity index (χ1) is 11.5. The van der Waals surface area contributed by atoms with Gasteiger partial charge in [0.25, 0.3) is 5.95 Å². The second kappa shape index (κ2) is 6.43. The number of fused-ring (bicyclic) bond motifs is 1. The average Bonchev–Trinajstić information content (AvgIpc) is 2.55. The van der Waals surface area contributed by atoms with Gasteiger partial charge in [0.1, 0.15) is 0 Å². The first kappa shape index (κ1) is 16.2. The Bertz CT molecular complexity index is 930. The van der Waals surface area contributed by atoms with E-state index in [4.69, 9.17) is 28.8 Å². The van der Waals surface area contributed by atoms with Crippen LogP contribution in [-0.2, 0) is 6.54 Å². The maximum Gasteiger partial charge on any atom is 0.253 e. The van der Waals surface area contributed by atoms with Crippen LogP contribution in [0.1, 0.15) is 11.1 Å². The molecule has 24 heavy (non-hydrogen) atoms. The molecule has 0 fully saturated rings. The molecule has 0 aliphatic rings. The van der Waals surface area contributed by atoms with Crippen molar-refractivity contribution in [2.75, 3.05) is 0 Å². The van der Waals surface area contributed by atoms with E-state index in [0.29, 0.717) is 17.3 Å². The summed E-state index contributed by atoms with van der Waals surface area (Å²) in [5, 5.41) is 1.49. The zero-order valence-corrected chi connectivity index (χ0v) is 13.9. The Hall–Kier alpha value is -2.70. The van der Waals surface area contributed by atoms with E-state index in [1.807, 2.05) is 43.3 Å². The molecule has 122 valence electrons. The van der Waals surface area contributed by atoms with Gasteiger partial charge in [0.2, 0.25) is 0 Å². The van der Waals surface area contributed by atoms with E-state index in [1.54, 1.807) is 0 Å². The second-order valence-corrected chi connectivity index (χ2v) is 5.84. The monoisotopic (exact) mass is 340 g/mol. The van der Waals surface area contributed by atoms with Crippen LogP contribution < -0.4 is 17.2 Å². The molecule has 3 aromatic rings. The first-order valence-corrected chi connectivity index (χ1v) is 7.72. The van der Waals surface area contributed by atoms with Gasteiger partial charge in [0.05, 0.1) is 11.2 Å². The zero-order chi connectivity index (χ0) is 17.3. The van der Waals surface area contributed by atoms with Crippen LogP contribution in [-0.4, -0.2) is 15.9 Å². The minimum absolute atomic E-state index is 0.0931. The fourth-order valence-corrected chi connectivity index (χ4v) is 2.59. The number of hydrogen-bond acceptors (Lipinski definition) is 4. The van der Waals surface area contributed by atoms with Gasteiger partial charge in [-0.2, -0.15) is 4.99 Å². The van der Waals surface area contributed by atoms with Crippen molar-refractivity contribution in [2.24, 2.45) is 22.2 Å². The topological polar surface area (TPSA) is 116 Å². The van der Waals surface area contributed by atoms with Crippen molar-refractivity contribution in [1.82, 2.24) is 9.97 Å². The molecule has 0 amide bonds. The molecule has 0 saturated heterocycles. The van der Waals surface area contributed by atoms with Crippen LogP contribution in [0.4, 0.5) is 5.95 Å². The maximum absolute atomic E-state index is 6.28. The number of rotatable bonds is 3. The van der Waals surface area contributed by atoms with E-state index in [-0.39, 0.29) is 11.9 Å². The summed E-state index contributed by atoms with van der Waals surface area (Å²) in [6, 6.07) is 11.6. The Labute approximate surface area is 144 Å².